The molecule has 0 atom stereocenters. The number of fused-ring (bicyclic) bond motifs is 1. The summed E-state index contributed by atoms with van der Waals surface area (Å²) in [6, 6.07) is 11.3. The van der Waals surface area contributed by atoms with Gasteiger partial charge in [0.25, 0.3) is 5.91 Å². The number of rotatable bonds is 1. The van der Waals surface area contributed by atoms with Crippen LogP contribution in [0.5, 0.6) is 0 Å². The minimum Gasteiger partial charge on any atom is -0.398 e. The summed E-state index contributed by atoms with van der Waals surface area (Å²) in [5.41, 5.74) is 9.54. The van der Waals surface area contributed by atoms with E-state index in [9.17, 15) is 4.79 Å². The second kappa shape index (κ2) is 4.72. The Morgan fingerprint density at radius 3 is 2.89 bits per heavy atom. The maximum Gasteiger partial charge on any atom is 0.272 e. The lowest BCUT2D eigenvalue weighted by molar-refractivity contribution is 0.0729. The molecule has 0 aliphatic carbocycles. The molecule has 1 aromatic carbocycles. The van der Waals surface area contributed by atoms with Crippen molar-refractivity contribution in [3.63, 3.8) is 0 Å². The fourth-order valence-corrected chi connectivity index (χ4v) is 2.43. The molecule has 0 bridgehead atoms. The normalized spacial score (nSPS) is 14.0. The van der Waals surface area contributed by atoms with E-state index in [-0.39, 0.29) is 5.91 Å². The first-order chi connectivity index (χ1) is 9.25. The molecule has 0 saturated heterocycles. The largest absolute Gasteiger partial charge is 0.398 e. The van der Waals surface area contributed by atoms with Crippen LogP contribution < -0.4 is 5.73 Å². The number of carbonyl (C=O) groups excluding carboxylic acids is 1. The van der Waals surface area contributed by atoms with E-state index in [1.807, 2.05) is 18.2 Å². The van der Waals surface area contributed by atoms with Gasteiger partial charge in [0, 0.05) is 25.0 Å². The van der Waals surface area contributed by atoms with Crippen LogP contribution in [0.4, 0.5) is 5.69 Å². The molecule has 0 unspecified atom stereocenters. The summed E-state index contributed by atoms with van der Waals surface area (Å²) in [5, 5.41) is 0. The Labute approximate surface area is 111 Å². The van der Waals surface area contributed by atoms with E-state index in [0.717, 1.165) is 17.7 Å². The van der Waals surface area contributed by atoms with E-state index in [1.54, 1.807) is 23.2 Å². The lowest BCUT2D eigenvalue weighted by Crippen LogP contribution is -2.36. The SMILES string of the molecule is Nc1cccc2c1CN(C(=O)c1ccccn1)CC2. The highest BCUT2D eigenvalue weighted by Gasteiger charge is 2.23. The monoisotopic (exact) mass is 253 g/mol. The van der Waals surface area contributed by atoms with Crippen molar-refractivity contribution in [1.29, 1.82) is 0 Å². The number of nitrogens with zero attached hydrogens (tertiary/aromatic N) is 2. The van der Waals surface area contributed by atoms with E-state index in [0.29, 0.717) is 18.8 Å². The van der Waals surface area contributed by atoms with Crippen LogP contribution in [0.25, 0.3) is 0 Å². The summed E-state index contributed by atoms with van der Waals surface area (Å²) in [7, 11) is 0. The Balaban J connectivity index is 1.86. The van der Waals surface area contributed by atoms with Gasteiger partial charge >= 0.3 is 0 Å². The van der Waals surface area contributed by atoms with Gasteiger partial charge in [-0.25, -0.2) is 0 Å². The third-order valence-electron chi connectivity index (χ3n) is 3.48. The second-order valence-electron chi connectivity index (χ2n) is 4.68. The fraction of sp³-hybridized carbons (Fsp3) is 0.200. The van der Waals surface area contributed by atoms with Crippen molar-refractivity contribution in [3.8, 4) is 0 Å². The zero-order chi connectivity index (χ0) is 13.2. The molecule has 1 amide bonds. The molecule has 2 N–H and O–H groups in total. The number of carbonyl (C=O) groups is 1. The summed E-state index contributed by atoms with van der Waals surface area (Å²) in [6.45, 7) is 1.28. The number of pyridine rings is 1. The highest BCUT2D eigenvalue weighted by atomic mass is 16.2. The first kappa shape index (κ1) is 11.7. The highest BCUT2D eigenvalue weighted by Crippen LogP contribution is 2.24. The molecular formula is C15H15N3O. The van der Waals surface area contributed by atoms with Gasteiger partial charge in [0.15, 0.2) is 0 Å². The molecule has 4 heteroatoms. The summed E-state index contributed by atoms with van der Waals surface area (Å²) in [6.07, 6.45) is 2.48. The van der Waals surface area contributed by atoms with Crippen LogP contribution in [0, 0.1) is 0 Å². The molecular weight excluding hydrogens is 238 g/mol. The number of aromatic nitrogens is 1. The van der Waals surface area contributed by atoms with Crippen LogP contribution in [0.15, 0.2) is 42.6 Å². The van der Waals surface area contributed by atoms with Gasteiger partial charge in [-0.15, -0.1) is 0 Å². The molecule has 96 valence electrons. The molecule has 1 aliphatic heterocycles. The molecule has 0 spiro atoms. The van der Waals surface area contributed by atoms with Gasteiger partial charge < -0.3 is 10.6 Å². The van der Waals surface area contributed by atoms with E-state index in [2.05, 4.69) is 11.1 Å². The summed E-state index contributed by atoms with van der Waals surface area (Å²) >= 11 is 0. The number of anilines is 1. The minimum absolute atomic E-state index is 0.0329. The van der Waals surface area contributed by atoms with Gasteiger partial charge in [-0.3, -0.25) is 9.78 Å². The Morgan fingerprint density at radius 2 is 2.11 bits per heavy atom. The topological polar surface area (TPSA) is 59.2 Å². The van der Waals surface area contributed by atoms with Gasteiger partial charge in [0.05, 0.1) is 0 Å². The van der Waals surface area contributed by atoms with E-state index < -0.39 is 0 Å². The van der Waals surface area contributed by atoms with Crippen molar-refractivity contribution in [2.24, 2.45) is 0 Å². The molecule has 1 aliphatic rings. The van der Waals surface area contributed by atoms with Crippen molar-refractivity contribution >= 4 is 11.6 Å². The van der Waals surface area contributed by atoms with Crippen molar-refractivity contribution in [2.75, 3.05) is 12.3 Å². The average Bonchev–Trinajstić information content (AvgIpc) is 2.47. The van der Waals surface area contributed by atoms with Gasteiger partial charge in [0.2, 0.25) is 0 Å². The van der Waals surface area contributed by atoms with Gasteiger partial charge in [0.1, 0.15) is 5.69 Å². The van der Waals surface area contributed by atoms with Crippen molar-refractivity contribution in [2.45, 2.75) is 13.0 Å². The lowest BCUT2D eigenvalue weighted by atomic mass is 9.98. The Hall–Kier alpha value is -2.36. The number of hydrogen-bond donors (Lipinski definition) is 1. The molecule has 3 rings (SSSR count). The van der Waals surface area contributed by atoms with Gasteiger partial charge in [-0.05, 0) is 35.7 Å². The number of amides is 1. The maximum atomic E-state index is 12.3. The predicted molar refractivity (Wildman–Crippen MR) is 73.5 cm³/mol. The van der Waals surface area contributed by atoms with E-state index in [1.165, 1.54) is 5.56 Å². The van der Waals surface area contributed by atoms with E-state index in [4.69, 9.17) is 5.73 Å². The Morgan fingerprint density at radius 1 is 1.21 bits per heavy atom. The first-order valence-corrected chi connectivity index (χ1v) is 6.32. The molecule has 1 aromatic heterocycles. The van der Waals surface area contributed by atoms with Crippen molar-refractivity contribution < 1.29 is 4.79 Å². The zero-order valence-corrected chi connectivity index (χ0v) is 10.5. The Bertz CT molecular complexity index is 610. The fourth-order valence-electron chi connectivity index (χ4n) is 2.43. The maximum absolute atomic E-state index is 12.3. The molecule has 0 radical (unpaired) electrons. The molecule has 19 heavy (non-hydrogen) atoms. The van der Waals surface area contributed by atoms with Gasteiger partial charge in [-0.1, -0.05) is 18.2 Å². The minimum atomic E-state index is -0.0329. The van der Waals surface area contributed by atoms with Gasteiger partial charge in [-0.2, -0.15) is 0 Å². The third kappa shape index (κ3) is 2.17. The Kier molecular flexibility index (Phi) is 2.91. The van der Waals surface area contributed by atoms with Crippen LogP contribution >= 0.6 is 0 Å². The number of benzene rings is 1. The predicted octanol–water partition coefficient (Wildman–Crippen LogP) is 1.86. The molecule has 2 aromatic rings. The standard InChI is InChI=1S/C15H15N3O/c16-13-5-3-4-11-7-9-18(10-12(11)13)15(19)14-6-1-2-8-17-14/h1-6,8H,7,9-10,16H2. The van der Waals surface area contributed by atoms with Crippen LogP contribution in [-0.4, -0.2) is 22.3 Å². The van der Waals surface area contributed by atoms with Crippen LogP contribution in [0.2, 0.25) is 0 Å². The van der Waals surface area contributed by atoms with Crippen molar-refractivity contribution in [3.05, 3.63) is 59.4 Å². The molecule has 0 fully saturated rings. The summed E-state index contributed by atoms with van der Waals surface area (Å²) in [4.78, 5) is 18.3. The van der Waals surface area contributed by atoms with Crippen LogP contribution in [0.3, 0.4) is 0 Å². The molecule has 4 nitrogen and oxygen atoms in total. The number of nitrogen functional groups attached to an aromatic ring is 1. The van der Waals surface area contributed by atoms with Crippen molar-refractivity contribution in [1.82, 2.24) is 9.88 Å². The first-order valence-electron chi connectivity index (χ1n) is 6.32. The summed E-state index contributed by atoms with van der Waals surface area (Å²) < 4.78 is 0. The lowest BCUT2D eigenvalue weighted by Gasteiger charge is -2.29. The zero-order valence-electron chi connectivity index (χ0n) is 10.5. The number of nitrogens with two attached hydrogens (primary N) is 1. The highest BCUT2D eigenvalue weighted by molar-refractivity contribution is 5.92. The quantitative estimate of drug-likeness (QED) is 0.789. The van der Waals surface area contributed by atoms with E-state index >= 15 is 0 Å². The van der Waals surface area contributed by atoms with Crippen LogP contribution in [-0.2, 0) is 13.0 Å². The summed E-state index contributed by atoms with van der Waals surface area (Å²) in [5.74, 6) is -0.0329. The third-order valence-corrected chi connectivity index (χ3v) is 3.48. The van der Waals surface area contributed by atoms with Crippen LogP contribution in [0.1, 0.15) is 21.6 Å². The molecule has 2 heterocycles. The average molecular weight is 253 g/mol. The number of hydrogen-bond acceptors (Lipinski definition) is 3. The molecule has 0 saturated carbocycles. The smallest absolute Gasteiger partial charge is 0.272 e. The second-order valence-corrected chi connectivity index (χ2v) is 4.68.